The van der Waals surface area contributed by atoms with E-state index in [4.69, 9.17) is 11.1 Å². The Morgan fingerprint density at radius 1 is 0.875 bits per heavy atom. The molecule has 0 aliphatic heterocycles. The van der Waals surface area contributed by atoms with Crippen LogP contribution in [0.15, 0.2) is 60.7 Å². The Kier molecular flexibility index (Phi) is 5.59. The van der Waals surface area contributed by atoms with Crippen molar-refractivity contribution in [1.82, 2.24) is 0 Å². The van der Waals surface area contributed by atoms with Crippen molar-refractivity contribution in [2.24, 2.45) is 5.73 Å². The van der Waals surface area contributed by atoms with E-state index in [1.165, 1.54) is 11.8 Å². The highest BCUT2D eigenvalue weighted by Gasteiger charge is 1.80. The van der Waals surface area contributed by atoms with Crippen molar-refractivity contribution in [1.29, 1.82) is 5.41 Å². The first-order valence-electron chi connectivity index (χ1n) is 5.16. The summed E-state index contributed by atoms with van der Waals surface area (Å²) in [5, 5.41) is 6.82. The summed E-state index contributed by atoms with van der Waals surface area (Å²) in [4.78, 5) is 0. The number of hydrogen-bond acceptors (Lipinski definition) is 2. The van der Waals surface area contributed by atoms with E-state index in [9.17, 15) is 0 Å². The maximum atomic E-state index is 6.82. The van der Waals surface area contributed by atoms with Crippen LogP contribution in [0.4, 0.5) is 0 Å². The van der Waals surface area contributed by atoms with Crippen LogP contribution in [0.3, 0.4) is 0 Å². The van der Waals surface area contributed by atoms with Gasteiger partial charge in [-0.15, -0.1) is 0 Å². The standard InChI is InChI=1S/C7H9N.C7H7N/c2*8-6-7-4-2-1-3-5-7/h1-5H,6,8H2;1-6,8H. The second kappa shape index (κ2) is 7.37. The van der Waals surface area contributed by atoms with Gasteiger partial charge in [0.2, 0.25) is 0 Å². The Morgan fingerprint density at radius 2 is 1.38 bits per heavy atom. The summed E-state index contributed by atoms with van der Waals surface area (Å²) in [6.45, 7) is 0.640. The predicted octanol–water partition coefficient (Wildman–Crippen LogP) is 2.83. The molecule has 0 aromatic heterocycles. The highest BCUT2D eigenvalue weighted by molar-refractivity contribution is 5.76. The zero-order chi connectivity index (χ0) is 11.6. The lowest BCUT2D eigenvalue weighted by Crippen LogP contribution is -1.94. The van der Waals surface area contributed by atoms with E-state index < -0.39 is 0 Å². The number of rotatable bonds is 2. The zero-order valence-corrected chi connectivity index (χ0v) is 9.14. The van der Waals surface area contributed by atoms with Gasteiger partial charge in [0.25, 0.3) is 0 Å². The summed E-state index contributed by atoms with van der Waals surface area (Å²) in [5.41, 5.74) is 7.49. The first-order chi connectivity index (χ1) is 7.86. The first-order valence-corrected chi connectivity index (χ1v) is 5.16. The molecule has 0 saturated carbocycles. The molecular formula is C14H16N2. The van der Waals surface area contributed by atoms with Crippen LogP contribution >= 0.6 is 0 Å². The van der Waals surface area contributed by atoms with Crippen LogP contribution in [0.5, 0.6) is 0 Å². The molecule has 0 aliphatic carbocycles. The minimum absolute atomic E-state index is 0.640. The van der Waals surface area contributed by atoms with Crippen LogP contribution in [-0.2, 0) is 6.54 Å². The molecule has 0 saturated heterocycles. The van der Waals surface area contributed by atoms with Crippen molar-refractivity contribution in [3.8, 4) is 0 Å². The van der Waals surface area contributed by atoms with E-state index in [0.29, 0.717) is 6.54 Å². The molecule has 0 spiro atoms. The molecule has 0 bridgehead atoms. The third-order valence-corrected chi connectivity index (χ3v) is 2.04. The molecule has 2 rings (SSSR count). The Bertz CT molecular complexity index is 396. The molecule has 0 heterocycles. The van der Waals surface area contributed by atoms with E-state index in [1.54, 1.807) is 0 Å². The molecule has 2 aromatic rings. The maximum Gasteiger partial charge on any atom is 0.0250 e. The van der Waals surface area contributed by atoms with Crippen molar-refractivity contribution in [3.05, 3.63) is 71.8 Å². The molecule has 2 aromatic carbocycles. The van der Waals surface area contributed by atoms with E-state index >= 15 is 0 Å². The molecule has 3 N–H and O–H groups in total. The van der Waals surface area contributed by atoms with Crippen molar-refractivity contribution >= 4 is 6.21 Å². The fourth-order valence-electron chi connectivity index (χ4n) is 1.16. The van der Waals surface area contributed by atoms with Gasteiger partial charge in [-0.3, -0.25) is 0 Å². The molecule has 2 nitrogen and oxygen atoms in total. The normalized spacial score (nSPS) is 8.81. The second-order valence-corrected chi connectivity index (χ2v) is 3.24. The lowest BCUT2D eigenvalue weighted by molar-refractivity contribution is 1.07. The van der Waals surface area contributed by atoms with Gasteiger partial charge in [-0.05, 0) is 11.1 Å². The Hall–Kier alpha value is -1.93. The van der Waals surface area contributed by atoms with Crippen molar-refractivity contribution in [3.63, 3.8) is 0 Å². The Balaban J connectivity index is 0.000000160. The second-order valence-electron chi connectivity index (χ2n) is 3.24. The summed E-state index contributed by atoms with van der Waals surface area (Å²) >= 11 is 0. The summed E-state index contributed by atoms with van der Waals surface area (Å²) in [5.74, 6) is 0. The number of nitrogens with two attached hydrogens (primary N) is 1. The smallest absolute Gasteiger partial charge is 0.0250 e. The van der Waals surface area contributed by atoms with Gasteiger partial charge < -0.3 is 11.1 Å². The van der Waals surface area contributed by atoms with Crippen molar-refractivity contribution < 1.29 is 0 Å². The largest absolute Gasteiger partial charge is 0.326 e. The van der Waals surface area contributed by atoms with Crippen molar-refractivity contribution in [2.75, 3.05) is 0 Å². The van der Waals surface area contributed by atoms with Crippen LogP contribution in [0.1, 0.15) is 11.1 Å². The highest BCUT2D eigenvalue weighted by atomic mass is 14.5. The zero-order valence-electron chi connectivity index (χ0n) is 9.14. The lowest BCUT2D eigenvalue weighted by Gasteiger charge is -1.90. The molecule has 0 atom stereocenters. The van der Waals surface area contributed by atoms with Gasteiger partial charge in [-0.2, -0.15) is 0 Å². The third kappa shape index (κ3) is 4.53. The molecule has 0 fully saturated rings. The highest BCUT2D eigenvalue weighted by Crippen LogP contribution is 1.94. The monoisotopic (exact) mass is 212 g/mol. The molecule has 82 valence electrons. The van der Waals surface area contributed by atoms with E-state index in [1.807, 2.05) is 60.7 Å². The van der Waals surface area contributed by atoms with Crippen LogP contribution in [0.25, 0.3) is 0 Å². The number of hydrogen-bond donors (Lipinski definition) is 2. The van der Waals surface area contributed by atoms with Crippen LogP contribution in [-0.4, -0.2) is 6.21 Å². The van der Waals surface area contributed by atoms with Crippen LogP contribution in [0, 0.1) is 5.41 Å². The summed E-state index contributed by atoms with van der Waals surface area (Å²) < 4.78 is 0. The van der Waals surface area contributed by atoms with Gasteiger partial charge >= 0.3 is 0 Å². The molecule has 0 radical (unpaired) electrons. The van der Waals surface area contributed by atoms with Gasteiger partial charge in [-0.1, -0.05) is 60.7 Å². The average Bonchev–Trinajstić information content (AvgIpc) is 2.41. The molecule has 0 amide bonds. The predicted molar refractivity (Wildman–Crippen MR) is 68.7 cm³/mol. The van der Waals surface area contributed by atoms with Gasteiger partial charge in [0.15, 0.2) is 0 Å². The molecule has 0 unspecified atom stereocenters. The number of benzene rings is 2. The minimum atomic E-state index is 0.640. The van der Waals surface area contributed by atoms with Crippen molar-refractivity contribution in [2.45, 2.75) is 6.54 Å². The molecule has 0 aliphatic rings. The summed E-state index contributed by atoms with van der Waals surface area (Å²) in [6, 6.07) is 19.6. The fourth-order valence-corrected chi connectivity index (χ4v) is 1.16. The van der Waals surface area contributed by atoms with Gasteiger partial charge in [0.05, 0.1) is 0 Å². The minimum Gasteiger partial charge on any atom is -0.326 e. The SMILES string of the molecule is N=Cc1ccccc1.NCc1ccccc1. The molecular weight excluding hydrogens is 196 g/mol. The lowest BCUT2D eigenvalue weighted by atomic mass is 10.2. The summed E-state index contributed by atoms with van der Waals surface area (Å²) in [7, 11) is 0. The fraction of sp³-hybridized carbons (Fsp3) is 0.0714. The molecule has 2 heteroatoms. The van der Waals surface area contributed by atoms with E-state index in [0.717, 1.165) is 5.56 Å². The number of nitrogens with one attached hydrogen (secondary N) is 1. The van der Waals surface area contributed by atoms with Crippen LogP contribution in [0.2, 0.25) is 0 Å². The average molecular weight is 212 g/mol. The quantitative estimate of drug-likeness (QED) is 0.739. The topological polar surface area (TPSA) is 49.9 Å². The first kappa shape index (κ1) is 12.1. The van der Waals surface area contributed by atoms with Gasteiger partial charge in [-0.25, -0.2) is 0 Å². The maximum absolute atomic E-state index is 6.82. The van der Waals surface area contributed by atoms with Crippen LogP contribution < -0.4 is 5.73 Å². The van der Waals surface area contributed by atoms with Gasteiger partial charge in [0.1, 0.15) is 0 Å². The Morgan fingerprint density at radius 3 is 1.69 bits per heavy atom. The Labute approximate surface area is 96.2 Å². The van der Waals surface area contributed by atoms with E-state index in [-0.39, 0.29) is 0 Å². The van der Waals surface area contributed by atoms with E-state index in [2.05, 4.69) is 0 Å². The van der Waals surface area contributed by atoms with Gasteiger partial charge in [0, 0.05) is 12.8 Å². The summed E-state index contributed by atoms with van der Waals surface area (Å²) in [6.07, 6.45) is 1.33. The molecule has 16 heavy (non-hydrogen) atoms. The third-order valence-electron chi connectivity index (χ3n) is 2.04.